The molecule has 0 spiro atoms. The molecule has 0 bridgehead atoms. The molecule has 3 heterocycles. The maximum Gasteiger partial charge on any atom is 0.261 e. The van der Waals surface area contributed by atoms with Gasteiger partial charge in [-0.3, -0.25) is 9.69 Å². The number of fused-ring (bicyclic) bond motifs is 1. The standard InChI is InChI=1S/C14H17BrN2O3/c1-9-8-19-4-3-17(9)6-10-5-11-13(20-10)12(15)7-16(2)14(11)18/h5,7,9H,3-4,6,8H2,1-2H3. The van der Waals surface area contributed by atoms with Crippen LogP contribution in [0.3, 0.4) is 0 Å². The van der Waals surface area contributed by atoms with E-state index in [2.05, 4.69) is 27.8 Å². The molecular formula is C14H17BrN2O3. The number of hydrogen-bond donors (Lipinski definition) is 0. The predicted octanol–water partition coefficient (Wildman–Crippen LogP) is 2.11. The number of ether oxygens (including phenoxy) is 1. The maximum absolute atomic E-state index is 12.1. The molecule has 3 rings (SSSR count). The number of furan rings is 1. The van der Waals surface area contributed by atoms with Gasteiger partial charge in [-0.1, -0.05) is 0 Å². The van der Waals surface area contributed by atoms with Crippen LogP contribution in [0, 0.1) is 0 Å². The molecule has 108 valence electrons. The van der Waals surface area contributed by atoms with Crippen LogP contribution in [0.25, 0.3) is 11.0 Å². The van der Waals surface area contributed by atoms with E-state index in [4.69, 9.17) is 9.15 Å². The third-order valence-corrected chi connectivity index (χ3v) is 4.29. The summed E-state index contributed by atoms with van der Waals surface area (Å²) in [4.78, 5) is 14.4. The molecule has 0 saturated carbocycles. The Morgan fingerprint density at radius 2 is 2.30 bits per heavy atom. The summed E-state index contributed by atoms with van der Waals surface area (Å²) in [6.07, 6.45) is 1.73. The molecule has 5 nitrogen and oxygen atoms in total. The van der Waals surface area contributed by atoms with Crippen molar-refractivity contribution in [1.29, 1.82) is 0 Å². The SMILES string of the molecule is CC1COCCN1Cc1cc2c(=O)n(C)cc(Br)c2o1. The second-order valence-electron chi connectivity index (χ2n) is 5.24. The zero-order valence-corrected chi connectivity index (χ0v) is 13.1. The van der Waals surface area contributed by atoms with Crippen molar-refractivity contribution in [2.24, 2.45) is 7.05 Å². The van der Waals surface area contributed by atoms with Crippen LogP contribution in [0.15, 0.2) is 25.9 Å². The summed E-state index contributed by atoms with van der Waals surface area (Å²) >= 11 is 3.45. The topological polar surface area (TPSA) is 47.6 Å². The summed E-state index contributed by atoms with van der Waals surface area (Å²) in [5.74, 6) is 0.817. The fourth-order valence-corrected chi connectivity index (χ4v) is 3.13. The van der Waals surface area contributed by atoms with Crippen molar-refractivity contribution in [2.75, 3.05) is 19.8 Å². The van der Waals surface area contributed by atoms with Crippen LogP contribution < -0.4 is 5.56 Å². The Labute approximate surface area is 125 Å². The molecule has 6 heteroatoms. The zero-order chi connectivity index (χ0) is 14.3. The molecule has 0 amide bonds. The normalized spacial score (nSPS) is 20.6. The molecular weight excluding hydrogens is 324 g/mol. The summed E-state index contributed by atoms with van der Waals surface area (Å²) in [6.45, 7) is 5.21. The van der Waals surface area contributed by atoms with Gasteiger partial charge in [-0.25, -0.2) is 0 Å². The highest BCUT2D eigenvalue weighted by atomic mass is 79.9. The lowest BCUT2D eigenvalue weighted by Gasteiger charge is -2.32. The number of aromatic nitrogens is 1. The monoisotopic (exact) mass is 340 g/mol. The second-order valence-corrected chi connectivity index (χ2v) is 6.10. The Balaban J connectivity index is 1.95. The first-order valence-electron chi connectivity index (χ1n) is 6.65. The molecule has 20 heavy (non-hydrogen) atoms. The van der Waals surface area contributed by atoms with Crippen LogP contribution in [0.2, 0.25) is 0 Å². The van der Waals surface area contributed by atoms with Crippen molar-refractivity contribution in [1.82, 2.24) is 9.47 Å². The molecule has 1 aliphatic heterocycles. The third-order valence-electron chi connectivity index (χ3n) is 3.72. The lowest BCUT2D eigenvalue weighted by atomic mass is 10.2. The zero-order valence-electron chi connectivity index (χ0n) is 11.6. The van der Waals surface area contributed by atoms with Crippen molar-refractivity contribution >= 4 is 26.9 Å². The van der Waals surface area contributed by atoms with E-state index < -0.39 is 0 Å². The average Bonchev–Trinajstić information content (AvgIpc) is 2.83. The van der Waals surface area contributed by atoms with Crippen LogP contribution in [0.1, 0.15) is 12.7 Å². The number of nitrogens with zero attached hydrogens (tertiary/aromatic N) is 2. The molecule has 1 saturated heterocycles. The lowest BCUT2D eigenvalue weighted by Crippen LogP contribution is -2.42. The molecule has 1 unspecified atom stereocenters. The van der Waals surface area contributed by atoms with Crippen LogP contribution in [-0.2, 0) is 18.3 Å². The van der Waals surface area contributed by atoms with Crippen molar-refractivity contribution < 1.29 is 9.15 Å². The summed E-state index contributed by atoms with van der Waals surface area (Å²) in [7, 11) is 1.74. The number of pyridine rings is 1. The quantitative estimate of drug-likeness (QED) is 0.840. The second kappa shape index (κ2) is 5.35. The maximum atomic E-state index is 12.1. The largest absolute Gasteiger partial charge is 0.458 e. The molecule has 2 aromatic heterocycles. The highest BCUT2D eigenvalue weighted by molar-refractivity contribution is 9.10. The van der Waals surface area contributed by atoms with Gasteiger partial charge in [-0.2, -0.15) is 0 Å². The van der Waals surface area contributed by atoms with Gasteiger partial charge < -0.3 is 13.7 Å². The van der Waals surface area contributed by atoms with Crippen molar-refractivity contribution in [3.05, 3.63) is 32.8 Å². The number of morpholine rings is 1. The fraction of sp³-hybridized carbons (Fsp3) is 0.500. The minimum atomic E-state index is -0.0341. The van der Waals surface area contributed by atoms with E-state index in [-0.39, 0.29) is 5.56 Å². The highest BCUT2D eigenvalue weighted by Crippen LogP contribution is 2.25. The van der Waals surface area contributed by atoms with Crippen LogP contribution in [0.5, 0.6) is 0 Å². The van der Waals surface area contributed by atoms with Crippen LogP contribution >= 0.6 is 15.9 Å². The molecule has 1 atom stereocenters. The van der Waals surface area contributed by atoms with Gasteiger partial charge in [0, 0.05) is 25.8 Å². The summed E-state index contributed by atoms with van der Waals surface area (Å²) in [5.41, 5.74) is 0.595. The van der Waals surface area contributed by atoms with Crippen molar-refractivity contribution in [3.8, 4) is 0 Å². The molecule has 1 aliphatic rings. The van der Waals surface area contributed by atoms with Crippen LogP contribution in [-0.4, -0.2) is 35.3 Å². The van der Waals surface area contributed by atoms with E-state index in [0.717, 1.165) is 30.0 Å². The molecule has 0 N–H and O–H groups in total. The number of hydrogen-bond acceptors (Lipinski definition) is 4. The first-order valence-corrected chi connectivity index (χ1v) is 7.45. The van der Waals surface area contributed by atoms with E-state index >= 15 is 0 Å². The van der Waals surface area contributed by atoms with Gasteiger partial charge in [0.15, 0.2) is 5.58 Å². The Morgan fingerprint density at radius 1 is 1.50 bits per heavy atom. The first-order chi connectivity index (χ1) is 9.56. The number of halogens is 1. The smallest absolute Gasteiger partial charge is 0.261 e. The molecule has 2 aromatic rings. The Kier molecular flexibility index (Phi) is 3.70. The predicted molar refractivity (Wildman–Crippen MR) is 79.8 cm³/mol. The van der Waals surface area contributed by atoms with E-state index in [0.29, 0.717) is 23.6 Å². The average molecular weight is 341 g/mol. The molecule has 0 aromatic carbocycles. The van der Waals surface area contributed by atoms with E-state index in [1.54, 1.807) is 17.8 Å². The summed E-state index contributed by atoms with van der Waals surface area (Å²) < 4.78 is 13.6. The van der Waals surface area contributed by atoms with Gasteiger partial charge in [-0.05, 0) is 28.9 Å². The fourth-order valence-electron chi connectivity index (χ4n) is 2.53. The summed E-state index contributed by atoms with van der Waals surface area (Å²) in [5, 5.41) is 0.623. The van der Waals surface area contributed by atoms with E-state index in [9.17, 15) is 4.79 Å². The van der Waals surface area contributed by atoms with Gasteiger partial charge in [0.25, 0.3) is 5.56 Å². The van der Waals surface area contributed by atoms with Crippen molar-refractivity contribution in [3.63, 3.8) is 0 Å². The van der Waals surface area contributed by atoms with Crippen LogP contribution in [0.4, 0.5) is 0 Å². The number of aryl methyl sites for hydroxylation is 1. The number of rotatable bonds is 2. The molecule has 0 radical (unpaired) electrons. The van der Waals surface area contributed by atoms with E-state index in [1.165, 1.54) is 0 Å². The summed E-state index contributed by atoms with van der Waals surface area (Å²) in [6, 6.07) is 2.22. The van der Waals surface area contributed by atoms with Gasteiger partial charge in [0.05, 0.1) is 29.6 Å². The Hall–Kier alpha value is -1.11. The lowest BCUT2D eigenvalue weighted by molar-refractivity contribution is -0.00690. The highest BCUT2D eigenvalue weighted by Gasteiger charge is 2.21. The Bertz CT molecular complexity index is 692. The van der Waals surface area contributed by atoms with Crippen molar-refractivity contribution in [2.45, 2.75) is 19.5 Å². The van der Waals surface area contributed by atoms with Gasteiger partial charge >= 0.3 is 0 Å². The van der Waals surface area contributed by atoms with E-state index in [1.807, 2.05) is 6.07 Å². The third kappa shape index (κ3) is 2.43. The minimum absolute atomic E-state index is 0.0341. The minimum Gasteiger partial charge on any atom is -0.458 e. The van der Waals surface area contributed by atoms with Gasteiger partial charge in [0.1, 0.15) is 5.76 Å². The first kappa shape index (κ1) is 13.9. The molecule has 0 aliphatic carbocycles. The molecule has 1 fully saturated rings. The van der Waals surface area contributed by atoms with Gasteiger partial charge in [-0.15, -0.1) is 0 Å². The Morgan fingerprint density at radius 3 is 3.05 bits per heavy atom. The van der Waals surface area contributed by atoms with Gasteiger partial charge in [0.2, 0.25) is 0 Å².